The predicted molar refractivity (Wildman–Crippen MR) is 104 cm³/mol. The summed E-state index contributed by atoms with van der Waals surface area (Å²) >= 11 is 0. The summed E-state index contributed by atoms with van der Waals surface area (Å²) in [5.74, 6) is 0.0196. The van der Waals surface area contributed by atoms with E-state index in [1.54, 1.807) is 41.3 Å². The molecule has 0 aliphatic carbocycles. The van der Waals surface area contributed by atoms with Crippen molar-refractivity contribution >= 4 is 18.0 Å². The first-order valence-electron chi connectivity index (χ1n) is 9.08. The summed E-state index contributed by atoms with van der Waals surface area (Å²) in [4.78, 5) is 26.3. The maximum absolute atomic E-state index is 13.1. The number of ether oxygens (including phenoxy) is 1. The number of halogens is 1. The van der Waals surface area contributed by atoms with Crippen LogP contribution in [0.3, 0.4) is 0 Å². The van der Waals surface area contributed by atoms with Crippen LogP contribution in [0.1, 0.15) is 21.5 Å². The Morgan fingerprint density at radius 3 is 2.69 bits per heavy atom. The molecule has 0 spiro atoms. The third kappa shape index (κ3) is 3.54. The Balaban J connectivity index is 1.61. The summed E-state index contributed by atoms with van der Waals surface area (Å²) in [6.07, 6.45) is 2.06. The average molecular weight is 397 g/mol. The van der Waals surface area contributed by atoms with Crippen LogP contribution in [0.15, 0.2) is 48.5 Å². The second-order valence-electron chi connectivity index (χ2n) is 7.11. The van der Waals surface area contributed by atoms with Crippen molar-refractivity contribution in [2.24, 2.45) is 0 Å². The summed E-state index contributed by atoms with van der Waals surface area (Å²) < 4.78 is 18.3. The van der Waals surface area contributed by atoms with E-state index in [1.807, 2.05) is 6.07 Å². The second-order valence-corrected chi connectivity index (χ2v) is 7.11. The number of fused-ring (bicyclic) bond motifs is 1. The summed E-state index contributed by atoms with van der Waals surface area (Å²) in [5, 5.41) is 15.6. The molecule has 29 heavy (non-hydrogen) atoms. The standard InChI is InChI=1S/C21H20FN3O4/c1-29-16-7-4-14-11-25(18(26)17(14)10-16)12-21(19(27)23-20(28)24-21)9-8-13-2-5-15(22)6-3-13/h2-10,19,27H,11-12H2,1H3,(H2,23,24,28)/b9-8+. The monoisotopic (exact) mass is 397 g/mol. The fraction of sp³-hybridized carbons (Fsp3) is 0.238. The first-order chi connectivity index (χ1) is 13.9. The number of benzene rings is 2. The Bertz CT molecular complexity index is 992. The van der Waals surface area contributed by atoms with Crippen molar-refractivity contribution in [1.29, 1.82) is 0 Å². The van der Waals surface area contributed by atoms with Crippen molar-refractivity contribution in [1.82, 2.24) is 15.5 Å². The fourth-order valence-corrected chi connectivity index (χ4v) is 3.61. The van der Waals surface area contributed by atoms with Crippen LogP contribution in [0, 0.1) is 5.82 Å². The van der Waals surface area contributed by atoms with E-state index >= 15 is 0 Å². The average Bonchev–Trinajstić information content (AvgIpc) is 3.16. The van der Waals surface area contributed by atoms with Crippen molar-refractivity contribution in [2.45, 2.75) is 18.3 Å². The normalized spacial score (nSPS) is 23.3. The van der Waals surface area contributed by atoms with Gasteiger partial charge < -0.3 is 25.4 Å². The molecule has 1 saturated heterocycles. The number of nitrogens with one attached hydrogen (secondary N) is 2. The zero-order chi connectivity index (χ0) is 20.6. The lowest BCUT2D eigenvalue weighted by atomic mass is 9.96. The van der Waals surface area contributed by atoms with Crippen molar-refractivity contribution in [3.63, 3.8) is 0 Å². The van der Waals surface area contributed by atoms with Gasteiger partial charge in [0.2, 0.25) is 0 Å². The van der Waals surface area contributed by atoms with Crippen LogP contribution in [0.2, 0.25) is 0 Å². The third-order valence-corrected chi connectivity index (χ3v) is 5.19. The number of urea groups is 1. The zero-order valence-electron chi connectivity index (χ0n) is 15.7. The number of methoxy groups -OCH3 is 1. The number of carbonyl (C=O) groups excluding carboxylic acids is 2. The van der Waals surface area contributed by atoms with Gasteiger partial charge in [0.15, 0.2) is 6.23 Å². The Morgan fingerprint density at radius 1 is 1.28 bits per heavy atom. The van der Waals surface area contributed by atoms with Gasteiger partial charge in [0.25, 0.3) is 5.91 Å². The van der Waals surface area contributed by atoms with Gasteiger partial charge in [0.05, 0.1) is 13.7 Å². The maximum atomic E-state index is 13.1. The van der Waals surface area contributed by atoms with E-state index < -0.39 is 17.8 Å². The van der Waals surface area contributed by atoms with Crippen LogP contribution in [0.4, 0.5) is 9.18 Å². The lowest BCUT2D eigenvalue weighted by Crippen LogP contribution is -2.55. The molecule has 3 N–H and O–H groups in total. The van der Waals surface area contributed by atoms with Gasteiger partial charge in [-0.3, -0.25) is 4.79 Å². The highest BCUT2D eigenvalue weighted by Crippen LogP contribution is 2.30. The molecule has 3 amide bonds. The fourth-order valence-electron chi connectivity index (χ4n) is 3.61. The van der Waals surface area contributed by atoms with Gasteiger partial charge in [-0.25, -0.2) is 9.18 Å². The van der Waals surface area contributed by atoms with Crippen LogP contribution in [0.5, 0.6) is 5.75 Å². The van der Waals surface area contributed by atoms with Crippen LogP contribution < -0.4 is 15.4 Å². The van der Waals surface area contributed by atoms with Gasteiger partial charge >= 0.3 is 6.03 Å². The lowest BCUT2D eigenvalue weighted by Gasteiger charge is -2.32. The number of amides is 3. The lowest BCUT2D eigenvalue weighted by molar-refractivity contribution is 0.0593. The minimum absolute atomic E-state index is 0.0560. The minimum atomic E-state index is -1.24. The quantitative estimate of drug-likeness (QED) is 0.719. The largest absolute Gasteiger partial charge is 0.497 e. The summed E-state index contributed by atoms with van der Waals surface area (Å²) in [5.41, 5.74) is 0.849. The molecule has 0 saturated carbocycles. The molecule has 7 nitrogen and oxygen atoms in total. The van der Waals surface area contributed by atoms with E-state index in [0.29, 0.717) is 23.4 Å². The molecule has 0 aromatic heterocycles. The van der Waals surface area contributed by atoms with Crippen LogP contribution in [-0.2, 0) is 6.54 Å². The van der Waals surface area contributed by atoms with Gasteiger partial charge in [0.1, 0.15) is 17.1 Å². The highest BCUT2D eigenvalue weighted by molar-refractivity contribution is 5.99. The Labute approximate surface area is 166 Å². The number of aliphatic hydroxyl groups is 1. The van der Waals surface area contributed by atoms with E-state index in [4.69, 9.17) is 4.74 Å². The molecule has 0 radical (unpaired) electrons. The van der Waals surface area contributed by atoms with Crippen LogP contribution >= 0.6 is 0 Å². The minimum Gasteiger partial charge on any atom is -0.497 e. The molecule has 0 bridgehead atoms. The molecular formula is C21H20FN3O4. The van der Waals surface area contributed by atoms with Crippen molar-refractivity contribution < 1.29 is 23.8 Å². The van der Waals surface area contributed by atoms with Gasteiger partial charge in [-0.05, 0) is 35.4 Å². The SMILES string of the molecule is COc1ccc2c(c1)C(=O)N(CC1(/C=C/c3ccc(F)cc3)NC(=O)NC1O)C2. The first-order valence-corrected chi connectivity index (χ1v) is 9.08. The van der Waals surface area contributed by atoms with Gasteiger partial charge in [-0.2, -0.15) is 0 Å². The van der Waals surface area contributed by atoms with E-state index in [0.717, 1.165) is 5.56 Å². The molecule has 2 unspecified atom stereocenters. The summed E-state index contributed by atoms with van der Waals surface area (Å²) in [7, 11) is 1.53. The number of carbonyl (C=O) groups is 2. The first kappa shape index (κ1) is 18.9. The Hall–Kier alpha value is -3.39. The van der Waals surface area contributed by atoms with Gasteiger partial charge in [0, 0.05) is 12.1 Å². The molecule has 8 heteroatoms. The molecule has 2 aromatic rings. The molecule has 2 heterocycles. The number of hydrogen-bond acceptors (Lipinski definition) is 4. The van der Waals surface area contributed by atoms with E-state index in [1.165, 1.54) is 19.2 Å². The number of aliphatic hydroxyl groups excluding tert-OH is 1. The molecular weight excluding hydrogens is 377 g/mol. The zero-order valence-corrected chi connectivity index (χ0v) is 15.7. The molecule has 1 fully saturated rings. The van der Waals surface area contributed by atoms with Gasteiger partial charge in [-0.1, -0.05) is 30.4 Å². The number of hydrogen-bond donors (Lipinski definition) is 3. The van der Waals surface area contributed by atoms with Gasteiger partial charge in [-0.15, -0.1) is 0 Å². The highest BCUT2D eigenvalue weighted by atomic mass is 19.1. The molecule has 2 aromatic carbocycles. The maximum Gasteiger partial charge on any atom is 0.317 e. The topological polar surface area (TPSA) is 90.9 Å². The summed E-state index contributed by atoms with van der Waals surface area (Å²) in [6, 6.07) is 10.6. The molecule has 2 atom stereocenters. The highest BCUT2D eigenvalue weighted by Gasteiger charge is 2.47. The molecule has 2 aliphatic rings. The van der Waals surface area contributed by atoms with Crippen LogP contribution in [-0.4, -0.2) is 47.4 Å². The van der Waals surface area contributed by atoms with Crippen molar-refractivity contribution in [3.8, 4) is 5.75 Å². The molecule has 2 aliphatic heterocycles. The van der Waals surface area contributed by atoms with E-state index in [-0.39, 0.29) is 18.3 Å². The second kappa shape index (κ2) is 7.21. The van der Waals surface area contributed by atoms with Crippen molar-refractivity contribution in [2.75, 3.05) is 13.7 Å². The van der Waals surface area contributed by atoms with Crippen molar-refractivity contribution in [3.05, 3.63) is 71.0 Å². The Kier molecular flexibility index (Phi) is 4.71. The summed E-state index contributed by atoms with van der Waals surface area (Å²) in [6.45, 7) is 0.410. The smallest absolute Gasteiger partial charge is 0.317 e. The Morgan fingerprint density at radius 2 is 2.03 bits per heavy atom. The number of rotatable bonds is 5. The number of nitrogens with zero attached hydrogens (tertiary/aromatic N) is 1. The van der Waals surface area contributed by atoms with E-state index in [9.17, 15) is 19.1 Å². The van der Waals surface area contributed by atoms with E-state index in [2.05, 4.69) is 10.6 Å². The third-order valence-electron chi connectivity index (χ3n) is 5.19. The molecule has 4 rings (SSSR count). The molecule has 150 valence electrons. The van der Waals surface area contributed by atoms with Crippen LogP contribution in [0.25, 0.3) is 6.08 Å². The predicted octanol–water partition coefficient (Wildman–Crippen LogP) is 1.87.